The molecule has 0 saturated carbocycles. The van der Waals surface area contributed by atoms with Crippen LogP contribution in [0.2, 0.25) is 0 Å². The van der Waals surface area contributed by atoms with Gasteiger partial charge in [0.05, 0.1) is 18.0 Å². The van der Waals surface area contributed by atoms with E-state index in [9.17, 15) is 37.5 Å². The third kappa shape index (κ3) is 7.42. The van der Waals surface area contributed by atoms with E-state index in [1.807, 2.05) is 0 Å². The van der Waals surface area contributed by atoms with Gasteiger partial charge in [-0.2, -0.15) is 13.2 Å². The predicted molar refractivity (Wildman–Crippen MR) is 125 cm³/mol. The average Bonchev–Trinajstić information content (AvgIpc) is 2.78. The van der Waals surface area contributed by atoms with Gasteiger partial charge < -0.3 is 20.6 Å². The first-order chi connectivity index (χ1) is 16.5. The van der Waals surface area contributed by atoms with Crippen LogP contribution in [0.3, 0.4) is 0 Å². The van der Waals surface area contributed by atoms with Crippen LogP contribution >= 0.6 is 0 Å². The molecule has 186 valence electrons. The summed E-state index contributed by atoms with van der Waals surface area (Å²) in [5.41, 5.74) is 0.0824. The molecule has 3 amide bonds. The maximum absolute atomic E-state index is 13.3. The van der Waals surface area contributed by atoms with Gasteiger partial charge in [0.2, 0.25) is 0 Å². The summed E-state index contributed by atoms with van der Waals surface area (Å²) in [5, 5.41) is 14.0. The molecule has 2 atom stereocenters. The van der Waals surface area contributed by atoms with Crippen molar-refractivity contribution in [1.29, 1.82) is 0 Å². The van der Waals surface area contributed by atoms with Gasteiger partial charge in [-0.25, -0.2) is 4.79 Å². The fraction of sp³-hybridized carbons (Fsp3) is 0.250. The number of amides is 3. The molecule has 12 heteroatoms. The van der Waals surface area contributed by atoms with Gasteiger partial charge in [-0.3, -0.25) is 14.4 Å². The molecule has 0 saturated heterocycles. The first-order valence-corrected chi connectivity index (χ1v) is 10.5. The van der Waals surface area contributed by atoms with Crippen LogP contribution in [0.4, 0.5) is 18.0 Å². The number of hydrogen-bond acceptors (Lipinski definition) is 4. The molecule has 0 radical (unpaired) electrons. The minimum atomic E-state index is -4.53. The molecule has 2 aromatic carbocycles. The number of carboxylic acid groups (broad SMARTS) is 1. The Balaban J connectivity index is 0.00000456. The zero-order valence-corrected chi connectivity index (χ0v) is 18.5. The Kier molecular flexibility index (Phi) is 9.85. The fourth-order valence-corrected chi connectivity index (χ4v) is 3.66. The normalized spacial score (nSPS) is 16.2. The van der Waals surface area contributed by atoms with Crippen molar-refractivity contribution in [1.82, 2.24) is 15.5 Å². The molecule has 1 unspecified atom stereocenters. The van der Waals surface area contributed by atoms with Crippen LogP contribution in [-0.4, -0.2) is 76.3 Å². The van der Waals surface area contributed by atoms with Crippen LogP contribution < -0.4 is 10.6 Å². The number of nitrogens with one attached hydrogen (secondary N) is 2. The Labute approximate surface area is 226 Å². The van der Waals surface area contributed by atoms with Crippen LogP contribution in [-0.2, 0) is 27.0 Å². The Hall–Kier alpha value is -3.15. The van der Waals surface area contributed by atoms with E-state index in [0.717, 1.165) is 17.0 Å². The van der Waals surface area contributed by atoms with Gasteiger partial charge in [-0.1, -0.05) is 42.5 Å². The zero-order chi connectivity index (χ0) is 25.8. The molecule has 36 heavy (non-hydrogen) atoms. The Morgan fingerprint density at radius 3 is 2.47 bits per heavy atom. The topological polar surface area (TPSA) is 116 Å². The molecule has 0 aliphatic carbocycles. The van der Waals surface area contributed by atoms with Gasteiger partial charge in [0.25, 0.3) is 5.91 Å². The van der Waals surface area contributed by atoms with Crippen molar-refractivity contribution >= 4 is 53.2 Å². The van der Waals surface area contributed by atoms with Gasteiger partial charge >= 0.3 is 47.7 Å². The molecule has 1 heterocycles. The van der Waals surface area contributed by atoms with Crippen LogP contribution in [0, 0.1) is 0 Å². The number of rotatable bonds is 7. The average molecular weight is 513 g/mol. The van der Waals surface area contributed by atoms with Crippen molar-refractivity contribution in [2.75, 3.05) is 7.05 Å². The summed E-state index contributed by atoms with van der Waals surface area (Å²) in [4.78, 5) is 49.2. The monoisotopic (exact) mass is 513 g/mol. The number of carboxylic acids is 1. The third-order valence-corrected chi connectivity index (χ3v) is 5.37. The van der Waals surface area contributed by atoms with Crippen LogP contribution in [0.25, 0.3) is 0 Å². The van der Waals surface area contributed by atoms with Crippen LogP contribution in [0.1, 0.15) is 34.7 Å². The molecule has 3 N–H and O–H groups in total. The third-order valence-electron chi connectivity index (χ3n) is 5.37. The molecule has 3 rings (SSSR count). The van der Waals surface area contributed by atoms with E-state index < -0.39 is 53.9 Å². The van der Waals surface area contributed by atoms with E-state index in [1.165, 1.54) is 43.6 Å². The van der Waals surface area contributed by atoms with Crippen LogP contribution in [0.5, 0.6) is 0 Å². The summed E-state index contributed by atoms with van der Waals surface area (Å²) in [7, 11) is 1.41. The number of halogens is 3. The molecular formula is C24H23F3N3NaO5. The second kappa shape index (κ2) is 12.2. The summed E-state index contributed by atoms with van der Waals surface area (Å²) in [6, 6.07) is 7.83. The molecule has 0 spiro atoms. The first kappa shape index (κ1) is 29.1. The number of hydrogen-bond donors (Lipinski definition) is 3. The second-order valence-corrected chi connectivity index (χ2v) is 7.95. The standard InChI is InChI=1S/C24H22F3N3O5.Na.H/c1-30-10-9-19(31)21(22(30)34)29-23(35)28-18(13-20(32)33)16-7-4-5-14(12-16)11-15-6-2-3-8-17(15)24(25,26)27;;/h2-10,12,18,21H,11,13H2,1H3,(H,32,33)(H2,28,29,35);;/t18-,21?;;/m0../s1. The quantitative estimate of drug-likeness (QED) is 0.389. The summed E-state index contributed by atoms with van der Waals surface area (Å²) < 4.78 is 40.0. The van der Waals surface area contributed by atoms with Crippen molar-refractivity contribution < 1.29 is 37.5 Å². The number of carbonyl (C=O) groups excluding carboxylic acids is 3. The first-order valence-electron chi connectivity index (χ1n) is 10.5. The SMILES string of the molecule is CN1C=CC(=O)C(NC(=O)N[C@@H](CC(=O)O)c2cccc(Cc3ccccc3C(F)(F)F)c2)C1=O.[NaH]. The van der Waals surface area contributed by atoms with Gasteiger partial charge in [0.15, 0.2) is 11.8 Å². The summed E-state index contributed by atoms with van der Waals surface area (Å²) >= 11 is 0. The molecule has 0 aromatic heterocycles. The van der Waals surface area contributed by atoms with Crippen molar-refractivity contribution in [2.45, 2.75) is 31.1 Å². The molecule has 0 fully saturated rings. The van der Waals surface area contributed by atoms with E-state index in [1.54, 1.807) is 12.1 Å². The summed E-state index contributed by atoms with van der Waals surface area (Å²) in [5.74, 6) is -2.54. The number of ketones is 1. The van der Waals surface area contributed by atoms with E-state index in [-0.39, 0.29) is 41.5 Å². The fourth-order valence-electron chi connectivity index (χ4n) is 3.66. The summed E-state index contributed by atoms with van der Waals surface area (Å²) in [6.45, 7) is 0. The number of carbonyl (C=O) groups is 4. The van der Waals surface area contributed by atoms with Crippen molar-refractivity contribution in [3.05, 3.63) is 83.1 Å². The molecule has 0 bridgehead atoms. The van der Waals surface area contributed by atoms with Crippen LogP contribution in [0.15, 0.2) is 60.8 Å². The van der Waals surface area contributed by atoms with E-state index in [2.05, 4.69) is 10.6 Å². The Morgan fingerprint density at radius 2 is 1.81 bits per heavy atom. The Bertz CT molecular complexity index is 1190. The minimum absolute atomic E-state index is 0. The van der Waals surface area contributed by atoms with E-state index in [0.29, 0.717) is 11.1 Å². The van der Waals surface area contributed by atoms with Crippen molar-refractivity contribution in [2.24, 2.45) is 0 Å². The van der Waals surface area contributed by atoms with Gasteiger partial charge in [-0.15, -0.1) is 0 Å². The van der Waals surface area contributed by atoms with Crippen molar-refractivity contribution in [3.8, 4) is 0 Å². The van der Waals surface area contributed by atoms with E-state index >= 15 is 0 Å². The molecule has 2 aromatic rings. The number of alkyl halides is 3. The number of aliphatic carboxylic acids is 1. The van der Waals surface area contributed by atoms with Crippen molar-refractivity contribution in [3.63, 3.8) is 0 Å². The second-order valence-electron chi connectivity index (χ2n) is 7.95. The van der Waals surface area contributed by atoms with Gasteiger partial charge in [0, 0.05) is 19.3 Å². The molecule has 1 aliphatic rings. The predicted octanol–water partition coefficient (Wildman–Crippen LogP) is 2.39. The maximum atomic E-state index is 13.3. The number of likely N-dealkylation sites (N-methyl/N-ethyl adjacent to an activating group) is 1. The molecular weight excluding hydrogens is 490 g/mol. The number of benzene rings is 2. The van der Waals surface area contributed by atoms with Gasteiger partial charge in [-0.05, 0) is 29.2 Å². The zero-order valence-electron chi connectivity index (χ0n) is 18.5. The van der Waals surface area contributed by atoms with Gasteiger partial charge in [0.1, 0.15) is 0 Å². The van der Waals surface area contributed by atoms with E-state index in [4.69, 9.17) is 0 Å². The molecule has 1 aliphatic heterocycles. The Morgan fingerprint density at radius 1 is 1.11 bits per heavy atom. The molecule has 8 nitrogen and oxygen atoms in total. The number of nitrogens with zero attached hydrogens (tertiary/aromatic N) is 1. The summed E-state index contributed by atoms with van der Waals surface area (Å²) in [6.07, 6.45) is -2.75. The number of urea groups is 1.